The van der Waals surface area contributed by atoms with E-state index in [1.165, 1.54) is 0 Å². The molecule has 6 heteroatoms. The van der Waals surface area contributed by atoms with Crippen LogP contribution in [0.1, 0.15) is 23.2 Å². The number of benzene rings is 1. The van der Waals surface area contributed by atoms with Gasteiger partial charge in [-0.2, -0.15) is 0 Å². The Kier molecular flexibility index (Phi) is 5.04. The number of amides is 1. The van der Waals surface area contributed by atoms with Gasteiger partial charge in [-0.3, -0.25) is 4.79 Å². The molecule has 0 heterocycles. The molecule has 100 valence electrons. The van der Waals surface area contributed by atoms with Crippen molar-refractivity contribution in [2.24, 2.45) is 11.7 Å². The van der Waals surface area contributed by atoms with Gasteiger partial charge in [-0.15, -0.1) is 12.4 Å². The predicted octanol–water partition coefficient (Wildman–Crippen LogP) is 1.85. The topological polar surface area (TPSA) is 55.1 Å². The first-order valence-electron chi connectivity index (χ1n) is 5.56. The lowest BCUT2D eigenvalue weighted by Gasteiger charge is -2.11. The second-order valence-corrected chi connectivity index (χ2v) is 4.37. The third-order valence-electron chi connectivity index (χ3n) is 2.85. The van der Waals surface area contributed by atoms with Crippen molar-refractivity contribution in [3.05, 3.63) is 35.4 Å². The number of hydrogen-bond donors (Lipinski definition) is 2. The highest BCUT2D eigenvalue weighted by Crippen LogP contribution is 2.31. The van der Waals surface area contributed by atoms with Gasteiger partial charge in [0, 0.05) is 24.2 Å². The van der Waals surface area contributed by atoms with E-state index in [0.717, 1.165) is 31.0 Å². The van der Waals surface area contributed by atoms with Gasteiger partial charge >= 0.3 is 0 Å². The summed E-state index contributed by atoms with van der Waals surface area (Å²) in [6, 6.07) is 2.66. The van der Waals surface area contributed by atoms with E-state index in [4.69, 9.17) is 5.73 Å². The van der Waals surface area contributed by atoms with Crippen LogP contribution in [0, 0.1) is 17.6 Å². The Morgan fingerprint density at radius 1 is 1.33 bits per heavy atom. The van der Waals surface area contributed by atoms with Crippen LogP contribution in [0.15, 0.2) is 18.2 Å². The molecular formula is C12H15ClF2N2O. The van der Waals surface area contributed by atoms with Crippen LogP contribution < -0.4 is 11.1 Å². The lowest BCUT2D eigenvalue weighted by molar-refractivity contribution is 0.0949. The minimum absolute atomic E-state index is 0. The van der Waals surface area contributed by atoms with Crippen LogP contribution in [-0.2, 0) is 0 Å². The zero-order valence-corrected chi connectivity index (χ0v) is 10.5. The van der Waals surface area contributed by atoms with Gasteiger partial charge in [0.25, 0.3) is 5.91 Å². The summed E-state index contributed by atoms with van der Waals surface area (Å²) in [5, 5.41) is 2.58. The predicted molar refractivity (Wildman–Crippen MR) is 66.6 cm³/mol. The monoisotopic (exact) mass is 276 g/mol. The van der Waals surface area contributed by atoms with Crippen molar-refractivity contribution < 1.29 is 13.6 Å². The van der Waals surface area contributed by atoms with Crippen molar-refractivity contribution in [2.75, 3.05) is 6.54 Å². The molecule has 1 aliphatic rings. The first-order valence-corrected chi connectivity index (χ1v) is 5.56. The molecule has 1 saturated carbocycles. The van der Waals surface area contributed by atoms with Crippen molar-refractivity contribution in [1.82, 2.24) is 5.32 Å². The molecule has 1 unspecified atom stereocenters. The van der Waals surface area contributed by atoms with Crippen molar-refractivity contribution in [3.63, 3.8) is 0 Å². The smallest absolute Gasteiger partial charge is 0.251 e. The van der Waals surface area contributed by atoms with Gasteiger partial charge in [-0.25, -0.2) is 8.78 Å². The number of nitrogens with two attached hydrogens (primary N) is 1. The van der Waals surface area contributed by atoms with Crippen LogP contribution in [0.5, 0.6) is 0 Å². The highest BCUT2D eigenvalue weighted by molar-refractivity contribution is 5.94. The fourth-order valence-electron chi connectivity index (χ4n) is 1.69. The normalized spacial score (nSPS) is 15.7. The minimum Gasteiger partial charge on any atom is -0.350 e. The molecule has 18 heavy (non-hydrogen) atoms. The van der Waals surface area contributed by atoms with Crippen molar-refractivity contribution >= 4 is 18.3 Å². The summed E-state index contributed by atoms with van der Waals surface area (Å²) in [5.41, 5.74) is 5.78. The SMILES string of the molecule is Cl.NC(CNC(=O)c1cc(F)cc(F)c1)C1CC1. The van der Waals surface area contributed by atoms with E-state index in [2.05, 4.69) is 5.32 Å². The van der Waals surface area contributed by atoms with E-state index in [1.807, 2.05) is 0 Å². The van der Waals surface area contributed by atoms with Gasteiger partial charge in [-0.05, 0) is 30.9 Å². The molecule has 1 atom stereocenters. The number of nitrogens with one attached hydrogen (secondary N) is 1. The van der Waals surface area contributed by atoms with Gasteiger partial charge < -0.3 is 11.1 Å². The molecular weight excluding hydrogens is 262 g/mol. The van der Waals surface area contributed by atoms with Crippen molar-refractivity contribution in [3.8, 4) is 0 Å². The number of rotatable bonds is 4. The van der Waals surface area contributed by atoms with Crippen LogP contribution in [0.3, 0.4) is 0 Å². The minimum atomic E-state index is -0.762. The number of carbonyl (C=O) groups excluding carboxylic acids is 1. The molecule has 3 nitrogen and oxygen atoms in total. The molecule has 0 bridgehead atoms. The van der Waals surface area contributed by atoms with E-state index in [1.54, 1.807) is 0 Å². The van der Waals surface area contributed by atoms with E-state index >= 15 is 0 Å². The van der Waals surface area contributed by atoms with Crippen LogP contribution >= 0.6 is 12.4 Å². The largest absolute Gasteiger partial charge is 0.350 e. The first-order chi connectivity index (χ1) is 8.06. The molecule has 0 saturated heterocycles. The average Bonchev–Trinajstić information content (AvgIpc) is 3.07. The van der Waals surface area contributed by atoms with Gasteiger partial charge in [0.1, 0.15) is 11.6 Å². The van der Waals surface area contributed by atoms with E-state index in [0.29, 0.717) is 12.5 Å². The summed E-state index contributed by atoms with van der Waals surface area (Å²) >= 11 is 0. The maximum atomic E-state index is 12.9. The number of hydrogen-bond acceptors (Lipinski definition) is 2. The molecule has 0 aromatic heterocycles. The third-order valence-corrected chi connectivity index (χ3v) is 2.85. The van der Waals surface area contributed by atoms with E-state index in [9.17, 15) is 13.6 Å². The summed E-state index contributed by atoms with van der Waals surface area (Å²) in [6.07, 6.45) is 2.18. The van der Waals surface area contributed by atoms with Crippen molar-refractivity contribution in [1.29, 1.82) is 0 Å². The molecule has 2 rings (SSSR count). The van der Waals surface area contributed by atoms with Gasteiger partial charge in [0.2, 0.25) is 0 Å². The lowest BCUT2D eigenvalue weighted by Crippen LogP contribution is -2.38. The quantitative estimate of drug-likeness (QED) is 0.882. The molecule has 3 N–H and O–H groups in total. The molecule has 0 aliphatic heterocycles. The Bertz CT molecular complexity index is 418. The second-order valence-electron chi connectivity index (χ2n) is 4.37. The summed E-state index contributed by atoms with van der Waals surface area (Å²) in [4.78, 5) is 11.6. The molecule has 1 aromatic rings. The zero-order chi connectivity index (χ0) is 12.4. The van der Waals surface area contributed by atoms with E-state index in [-0.39, 0.29) is 24.0 Å². The Morgan fingerprint density at radius 2 is 1.89 bits per heavy atom. The summed E-state index contributed by atoms with van der Waals surface area (Å²) in [7, 11) is 0. The Morgan fingerprint density at radius 3 is 2.39 bits per heavy atom. The van der Waals surface area contributed by atoms with Crippen LogP contribution in [0.4, 0.5) is 8.78 Å². The van der Waals surface area contributed by atoms with Crippen LogP contribution in [-0.4, -0.2) is 18.5 Å². The average molecular weight is 277 g/mol. The number of carbonyl (C=O) groups is 1. The van der Waals surface area contributed by atoms with Crippen molar-refractivity contribution in [2.45, 2.75) is 18.9 Å². The maximum absolute atomic E-state index is 12.9. The first kappa shape index (κ1) is 14.9. The molecule has 1 aliphatic carbocycles. The summed E-state index contributed by atoms with van der Waals surface area (Å²) in [6.45, 7) is 0.335. The van der Waals surface area contributed by atoms with Crippen LogP contribution in [0.2, 0.25) is 0 Å². The number of halogens is 3. The molecule has 0 spiro atoms. The fraction of sp³-hybridized carbons (Fsp3) is 0.417. The summed E-state index contributed by atoms with van der Waals surface area (Å²) in [5.74, 6) is -1.55. The van der Waals surface area contributed by atoms with Gasteiger partial charge in [0.15, 0.2) is 0 Å². The molecule has 1 amide bonds. The second kappa shape index (κ2) is 6.11. The molecule has 0 radical (unpaired) electrons. The zero-order valence-electron chi connectivity index (χ0n) is 9.66. The third kappa shape index (κ3) is 3.92. The maximum Gasteiger partial charge on any atom is 0.251 e. The lowest BCUT2D eigenvalue weighted by atomic mass is 10.1. The molecule has 1 fully saturated rings. The summed E-state index contributed by atoms with van der Waals surface area (Å²) < 4.78 is 25.8. The highest BCUT2D eigenvalue weighted by atomic mass is 35.5. The Hall–Kier alpha value is -1.20. The fourth-order valence-corrected chi connectivity index (χ4v) is 1.69. The van der Waals surface area contributed by atoms with Gasteiger partial charge in [0.05, 0.1) is 0 Å². The van der Waals surface area contributed by atoms with E-state index < -0.39 is 17.5 Å². The Labute approximate surface area is 110 Å². The highest BCUT2D eigenvalue weighted by Gasteiger charge is 2.28. The molecule has 1 aromatic carbocycles. The van der Waals surface area contributed by atoms with Crippen LogP contribution in [0.25, 0.3) is 0 Å². The standard InChI is InChI=1S/C12H14F2N2O.ClH/c13-9-3-8(4-10(14)5-9)12(17)16-6-11(15)7-1-2-7;/h3-5,7,11H,1-2,6,15H2,(H,16,17);1H. The Balaban J connectivity index is 0.00000162. The van der Waals surface area contributed by atoms with Gasteiger partial charge in [-0.1, -0.05) is 0 Å².